The summed E-state index contributed by atoms with van der Waals surface area (Å²) in [6.07, 6.45) is 4.10. The van der Waals surface area contributed by atoms with Gasteiger partial charge < -0.3 is 0 Å². The number of aromatic nitrogens is 4. The maximum absolute atomic E-state index is 10.7. The van der Waals surface area contributed by atoms with Crippen LogP contribution < -0.4 is 0 Å². The van der Waals surface area contributed by atoms with Crippen molar-refractivity contribution in [2.24, 2.45) is 0 Å². The maximum atomic E-state index is 10.7. The van der Waals surface area contributed by atoms with Gasteiger partial charge in [-0.05, 0) is 0 Å². The topological polar surface area (TPSA) is 86.7 Å². The Kier molecular flexibility index (Phi) is 2.30. The molecule has 2 aromatic heterocycles. The van der Waals surface area contributed by atoms with E-state index in [1.807, 2.05) is 0 Å². The van der Waals surface area contributed by atoms with Crippen LogP contribution in [0.4, 0.5) is 5.69 Å². The lowest BCUT2D eigenvalue weighted by Crippen LogP contribution is -2.05. The Balaban J connectivity index is 2.61. The molecule has 0 radical (unpaired) electrons. The van der Waals surface area contributed by atoms with Crippen LogP contribution in [0.25, 0.3) is 5.82 Å². The number of rotatable bonds is 2. The van der Waals surface area contributed by atoms with Gasteiger partial charge in [0, 0.05) is 12.3 Å². The lowest BCUT2D eigenvalue weighted by Gasteiger charge is -1.99. The van der Waals surface area contributed by atoms with Crippen molar-refractivity contribution in [3.63, 3.8) is 0 Å². The minimum atomic E-state index is -0.586. The number of halogens is 1. The van der Waals surface area contributed by atoms with Gasteiger partial charge in [0.05, 0.1) is 22.3 Å². The van der Waals surface area contributed by atoms with Crippen molar-refractivity contribution in [1.82, 2.24) is 20.0 Å². The zero-order chi connectivity index (χ0) is 10.8. The average Bonchev–Trinajstić information content (AvgIpc) is 2.70. The molecule has 2 aromatic rings. The van der Waals surface area contributed by atoms with E-state index in [1.54, 1.807) is 0 Å². The maximum Gasteiger partial charge on any atom is 0.317 e. The largest absolute Gasteiger partial charge is 0.317 e. The van der Waals surface area contributed by atoms with E-state index in [4.69, 9.17) is 11.6 Å². The summed E-state index contributed by atoms with van der Waals surface area (Å²) in [5.74, 6) is 0.0365. The van der Waals surface area contributed by atoms with Gasteiger partial charge in [-0.2, -0.15) is 10.2 Å². The minimum Gasteiger partial charge on any atom is -0.258 e. The first-order valence-corrected chi connectivity index (χ1v) is 4.23. The molecular formula is C7H4ClN5O2. The van der Waals surface area contributed by atoms with E-state index < -0.39 is 4.92 Å². The molecule has 76 valence electrons. The zero-order valence-corrected chi connectivity index (χ0v) is 8.00. The lowest BCUT2D eigenvalue weighted by atomic mass is 10.4. The van der Waals surface area contributed by atoms with Gasteiger partial charge in [-0.15, -0.1) is 4.80 Å². The highest BCUT2D eigenvalue weighted by Crippen LogP contribution is 2.22. The number of nitrogens with zero attached hydrogens (tertiary/aromatic N) is 5. The molecule has 8 heteroatoms. The predicted octanol–water partition coefficient (Wildman–Crippen LogP) is 1.22. The molecule has 0 amide bonds. The van der Waals surface area contributed by atoms with E-state index in [-0.39, 0.29) is 16.5 Å². The van der Waals surface area contributed by atoms with Crippen LogP contribution in [-0.4, -0.2) is 24.9 Å². The summed E-state index contributed by atoms with van der Waals surface area (Å²) >= 11 is 5.61. The third-order valence-electron chi connectivity index (χ3n) is 1.62. The van der Waals surface area contributed by atoms with Crippen LogP contribution in [0.1, 0.15) is 0 Å². The van der Waals surface area contributed by atoms with Gasteiger partial charge in [-0.1, -0.05) is 11.6 Å². The Hall–Kier alpha value is -2.02. The van der Waals surface area contributed by atoms with E-state index in [0.29, 0.717) is 0 Å². The van der Waals surface area contributed by atoms with Gasteiger partial charge >= 0.3 is 5.69 Å². The van der Waals surface area contributed by atoms with E-state index >= 15 is 0 Å². The Labute approximate surface area is 88.5 Å². The molecule has 0 atom stereocenters. The fourth-order valence-corrected chi connectivity index (χ4v) is 1.19. The smallest absolute Gasteiger partial charge is 0.258 e. The first kappa shape index (κ1) is 9.53. The molecule has 0 bridgehead atoms. The number of nitro groups is 1. The molecule has 0 saturated carbocycles. The molecular weight excluding hydrogens is 222 g/mol. The summed E-state index contributed by atoms with van der Waals surface area (Å²) in [5.41, 5.74) is -0.237. The molecule has 0 fully saturated rings. The van der Waals surface area contributed by atoms with Crippen molar-refractivity contribution in [3.8, 4) is 5.82 Å². The van der Waals surface area contributed by atoms with Crippen LogP contribution in [0, 0.1) is 10.1 Å². The molecule has 0 aliphatic rings. The van der Waals surface area contributed by atoms with Crippen LogP contribution in [0.3, 0.4) is 0 Å². The van der Waals surface area contributed by atoms with Gasteiger partial charge in [0.25, 0.3) is 5.82 Å². The Morgan fingerprint density at radius 2 is 2.07 bits per heavy atom. The van der Waals surface area contributed by atoms with Crippen molar-refractivity contribution in [3.05, 3.63) is 39.8 Å². The summed E-state index contributed by atoms with van der Waals surface area (Å²) in [4.78, 5) is 15.0. The Morgan fingerprint density at radius 3 is 2.67 bits per heavy atom. The van der Waals surface area contributed by atoms with Crippen molar-refractivity contribution >= 4 is 17.3 Å². The summed E-state index contributed by atoms with van der Waals surface area (Å²) in [5, 5.41) is 18.4. The van der Waals surface area contributed by atoms with Crippen molar-refractivity contribution < 1.29 is 4.92 Å². The molecule has 0 unspecified atom stereocenters. The fraction of sp³-hybridized carbons (Fsp3) is 0. The molecule has 0 aliphatic heterocycles. The molecule has 7 nitrogen and oxygen atoms in total. The average molecular weight is 226 g/mol. The number of hydrogen-bond donors (Lipinski definition) is 0. The molecule has 0 aromatic carbocycles. The number of hydrogen-bond acceptors (Lipinski definition) is 5. The first-order valence-electron chi connectivity index (χ1n) is 3.85. The molecule has 2 heterocycles. The zero-order valence-electron chi connectivity index (χ0n) is 7.24. The van der Waals surface area contributed by atoms with Crippen LogP contribution in [-0.2, 0) is 0 Å². The first-order chi connectivity index (χ1) is 7.18. The second-order valence-corrected chi connectivity index (χ2v) is 3.01. The van der Waals surface area contributed by atoms with E-state index in [2.05, 4.69) is 15.2 Å². The van der Waals surface area contributed by atoms with Crippen LogP contribution in [0.15, 0.2) is 24.7 Å². The van der Waals surface area contributed by atoms with E-state index in [1.165, 1.54) is 24.7 Å². The summed E-state index contributed by atoms with van der Waals surface area (Å²) in [7, 11) is 0. The van der Waals surface area contributed by atoms with Crippen molar-refractivity contribution in [2.45, 2.75) is 0 Å². The Bertz CT molecular complexity index is 498. The minimum absolute atomic E-state index is 0.0365. The molecule has 2 rings (SSSR count). The standard InChI is InChI=1S/C7H4ClN5O2/c8-5-3-6(13(14)15)7(9-4-5)12-10-1-2-11-12/h1-4H. The number of pyridine rings is 1. The van der Waals surface area contributed by atoms with Gasteiger partial charge in [0.1, 0.15) is 0 Å². The normalized spacial score (nSPS) is 10.2. The third-order valence-corrected chi connectivity index (χ3v) is 1.83. The highest BCUT2D eigenvalue weighted by Gasteiger charge is 2.18. The second-order valence-electron chi connectivity index (χ2n) is 2.57. The second kappa shape index (κ2) is 3.62. The summed E-state index contributed by atoms with van der Waals surface area (Å²) < 4.78 is 0. The van der Waals surface area contributed by atoms with Gasteiger partial charge in [0.15, 0.2) is 0 Å². The van der Waals surface area contributed by atoms with Gasteiger partial charge in [-0.3, -0.25) is 10.1 Å². The molecule has 0 N–H and O–H groups in total. The fourth-order valence-electron chi connectivity index (χ4n) is 1.03. The highest BCUT2D eigenvalue weighted by molar-refractivity contribution is 6.30. The Morgan fingerprint density at radius 1 is 1.40 bits per heavy atom. The molecule has 0 aliphatic carbocycles. The summed E-state index contributed by atoms with van der Waals surface area (Å²) in [6, 6.07) is 1.20. The molecule has 0 saturated heterocycles. The molecule has 0 spiro atoms. The van der Waals surface area contributed by atoms with Crippen molar-refractivity contribution in [2.75, 3.05) is 0 Å². The summed E-state index contributed by atoms with van der Waals surface area (Å²) in [6.45, 7) is 0. The van der Waals surface area contributed by atoms with E-state index in [9.17, 15) is 10.1 Å². The lowest BCUT2D eigenvalue weighted by molar-refractivity contribution is -0.385. The van der Waals surface area contributed by atoms with Gasteiger partial charge in [-0.25, -0.2) is 4.98 Å². The van der Waals surface area contributed by atoms with Gasteiger partial charge in [0.2, 0.25) is 0 Å². The third kappa shape index (κ3) is 1.77. The quantitative estimate of drug-likeness (QED) is 0.567. The van der Waals surface area contributed by atoms with Crippen molar-refractivity contribution in [1.29, 1.82) is 0 Å². The SMILES string of the molecule is O=[N+]([O-])c1cc(Cl)cnc1-n1nccn1. The molecule has 15 heavy (non-hydrogen) atoms. The van der Waals surface area contributed by atoms with E-state index in [0.717, 1.165) is 4.80 Å². The monoisotopic (exact) mass is 225 g/mol. The van der Waals surface area contributed by atoms with Crippen LogP contribution in [0.2, 0.25) is 5.02 Å². The predicted molar refractivity (Wildman–Crippen MR) is 50.8 cm³/mol. The van der Waals surface area contributed by atoms with Crippen LogP contribution in [0.5, 0.6) is 0 Å². The van der Waals surface area contributed by atoms with Crippen LogP contribution >= 0.6 is 11.6 Å². The highest BCUT2D eigenvalue weighted by atomic mass is 35.5.